The second-order valence-corrected chi connectivity index (χ2v) is 3.50. The van der Waals surface area contributed by atoms with Crippen LogP contribution in [0.1, 0.15) is 26.7 Å². The van der Waals surface area contributed by atoms with Gasteiger partial charge < -0.3 is 5.32 Å². The number of rotatable bonds is 3. The van der Waals surface area contributed by atoms with E-state index in [2.05, 4.69) is 12.2 Å². The summed E-state index contributed by atoms with van der Waals surface area (Å²) in [4.78, 5) is 0.950. The first-order chi connectivity index (χ1) is 4.68. The summed E-state index contributed by atoms with van der Waals surface area (Å²) < 4.78 is 0. The van der Waals surface area contributed by atoms with Gasteiger partial charge in [-0.3, -0.25) is 0 Å². The van der Waals surface area contributed by atoms with Crippen molar-refractivity contribution in [1.82, 2.24) is 5.32 Å². The van der Waals surface area contributed by atoms with Crippen LogP contribution in [0.4, 0.5) is 0 Å². The zero-order valence-electron chi connectivity index (χ0n) is 6.48. The standard InChI is InChI=1S/C8H13NS/c1-6(5-7(2)10)9-8-3-4-8/h5,8-9H,3-4H2,1-2H3/b6-5-. The predicted molar refractivity (Wildman–Crippen MR) is 48.2 cm³/mol. The molecule has 1 nitrogen and oxygen atoms in total. The molecule has 0 saturated heterocycles. The smallest absolute Gasteiger partial charge is 0.0259 e. The van der Waals surface area contributed by atoms with Crippen molar-refractivity contribution in [3.8, 4) is 0 Å². The van der Waals surface area contributed by atoms with Gasteiger partial charge >= 0.3 is 0 Å². The molecule has 2 heteroatoms. The predicted octanol–water partition coefficient (Wildman–Crippen LogP) is 2.03. The molecule has 1 aliphatic carbocycles. The maximum Gasteiger partial charge on any atom is 0.0259 e. The van der Waals surface area contributed by atoms with Crippen molar-refractivity contribution < 1.29 is 0 Å². The zero-order chi connectivity index (χ0) is 7.56. The molecule has 0 radical (unpaired) electrons. The molecule has 1 saturated carbocycles. The molecule has 0 heterocycles. The highest BCUT2D eigenvalue weighted by Crippen LogP contribution is 2.19. The van der Waals surface area contributed by atoms with Crippen LogP contribution in [0.5, 0.6) is 0 Å². The average molecular weight is 155 g/mol. The van der Waals surface area contributed by atoms with Gasteiger partial charge in [0, 0.05) is 16.6 Å². The third-order valence-corrected chi connectivity index (χ3v) is 1.55. The molecule has 1 fully saturated rings. The molecule has 10 heavy (non-hydrogen) atoms. The molecule has 0 aromatic heterocycles. The van der Waals surface area contributed by atoms with Crippen LogP contribution in [0.25, 0.3) is 0 Å². The van der Waals surface area contributed by atoms with Gasteiger partial charge in [-0.1, -0.05) is 12.2 Å². The molecular formula is C8H13NS. The fourth-order valence-corrected chi connectivity index (χ4v) is 1.07. The fraction of sp³-hybridized carbons (Fsp3) is 0.625. The second kappa shape index (κ2) is 3.15. The minimum atomic E-state index is 0.741. The SMILES string of the molecule is CC(=S)/C=C(/C)NC1CC1. The van der Waals surface area contributed by atoms with E-state index in [4.69, 9.17) is 12.2 Å². The number of allylic oxidation sites excluding steroid dienone is 2. The van der Waals surface area contributed by atoms with Crippen LogP contribution in [0.15, 0.2) is 11.8 Å². The molecule has 56 valence electrons. The van der Waals surface area contributed by atoms with E-state index in [0.717, 1.165) is 10.9 Å². The largest absolute Gasteiger partial charge is 0.386 e. The molecule has 0 unspecified atom stereocenters. The second-order valence-electron chi connectivity index (χ2n) is 2.86. The van der Waals surface area contributed by atoms with Gasteiger partial charge in [0.15, 0.2) is 0 Å². The first kappa shape index (κ1) is 7.73. The quantitative estimate of drug-likeness (QED) is 0.494. The molecule has 0 spiro atoms. The monoisotopic (exact) mass is 155 g/mol. The number of hydrogen-bond acceptors (Lipinski definition) is 2. The molecule has 1 N–H and O–H groups in total. The maximum absolute atomic E-state index is 4.93. The van der Waals surface area contributed by atoms with E-state index in [-0.39, 0.29) is 0 Å². The van der Waals surface area contributed by atoms with Gasteiger partial charge in [0.2, 0.25) is 0 Å². The Bertz CT molecular complexity index is 168. The van der Waals surface area contributed by atoms with Gasteiger partial charge in [-0.05, 0) is 32.8 Å². The van der Waals surface area contributed by atoms with Crippen LogP contribution in [0.2, 0.25) is 0 Å². The van der Waals surface area contributed by atoms with E-state index in [9.17, 15) is 0 Å². The summed E-state index contributed by atoms with van der Waals surface area (Å²) in [5.74, 6) is 0. The summed E-state index contributed by atoms with van der Waals surface area (Å²) in [7, 11) is 0. The lowest BCUT2D eigenvalue weighted by atomic mass is 10.3. The molecular weight excluding hydrogens is 142 g/mol. The number of nitrogens with one attached hydrogen (secondary N) is 1. The Morgan fingerprint density at radius 1 is 1.50 bits per heavy atom. The lowest BCUT2D eigenvalue weighted by molar-refractivity contribution is 0.806. The van der Waals surface area contributed by atoms with Crippen molar-refractivity contribution in [2.45, 2.75) is 32.7 Å². The Balaban J connectivity index is 2.30. The first-order valence-corrected chi connectivity index (χ1v) is 4.04. The van der Waals surface area contributed by atoms with Gasteiger partial charge in [0.25, 0.3) is 0 Å². The van der Waals surface area contributed by atoms with Gasteiger partial charge in [-0.2, -0.15) is 0 Å². The van der Waals surface area contributed by atoms with Crippen LogP contribution in [0, 0.1) is 0 Å². The van der Waals surface area contributed by atoms with Crippen LogP contribution in [-0.4, -0.2) is 10.9 Å². The zero-order valence-corrected chi connectivity index (χ0v) is 7.29. The summed E-state index contributed by atoms with van der Waals surface area (Å²) in [6.45, 7) is 4.00. The molecule has 0 bridgehead atoms. The van der Waals surface area contributed by atoms with E-state index in [1.165, 1.54) is 18.5 Å². The highest BCUT2D eigenvalue weighted by molar-refractivity contribution is 7.80. The summed E-state index contributed by atoms with van der Waals surface area (Å²) in [6.07, 6.45) is 4.65. The van der Waals surface area contributed by atoms with Gasteiger partial charge in [-0.25, -0.2) is 0 Å². The Kier molecular flexibility index (Phi) is 2.44. The highest BCUT2D eigenvalue weighted by atomic mass is 32.1. The van der Waals surface area contributed by atoms with Crippen molar-refractivity contribution in [2.24, 2.45) is 0 Å². The molecule has 0 aliphatic heterocycles. The van der Waals surface area contributed by atoms with Crippen LogP contribution < -0.4 is 5.32 Å². The summed E-state index contributed by atoms with van der Waals surface area (Å²) >= 11 is 4.93. The van der Waals surface area contributed by atoms with Crippen molar-refractivity contribution >= 4 is 17.1 Å². The van der Waals surface area contributed by atoms with E-state index in [1.54, 1.807) is 0 Å². The maximum atomic E-state index is 4.93. The van der Waals surface area contributed by atoms with Crippen LogP contribution >= 0.6 is 12.2 Å². The normalized spacial score (nSPS) is 18.8. The third-order valence-electron chi connectivity index (χ3n) is 1.43. The molecule has 1 aliphatic rings. The summed E-state index contributed by atoms with van der Waals surface area (Å²) in [5.41, 5.74) is 1.20. The molecule has 0 aromatic carbocycles. The molecule has 0 atom stereocenters. The Hall–Kier alpha value is -0.370. The highest BCUT2D eigenvalue weighted by Gasteiger charge is 2.20. The minimum Gasteiger partial charge on any atom is -0.386 e. The molecule has 0 amide bonds. The van der Waals surface area contributed by atoms with Crippen LogP contribution in [0.3, 0.4) is 0 Å². The fourth-order valence-electron chi connectivity index (χ4n) is 0.896. The van der Waals surface area contributed by atoms with Crippen molar-refractivity contribution in [2.75, 3.05) is 0 Å². The van der Waals surface area contributed by atoms with Gasteiger partial charge in [0.1, 0.15) is 0 Å². The Morgan fingerprint density at radius 2 is 2.10 bits per heavy atom. The van der Waals surface area contributed by atoms with Gasteiger partial charge in [0.05, 0.1) is 0 Å². The van der Waals surface area contributed by atoms with Crippen LogP contribution in [-0.2, 0) is 0 Å². The van der Waals surface area contributed by atoms with Crippen molar-refractivity contribution in [3.05, 3.63) is 11.8 Å². The summed E-state index contributed by atoms with van der Waals surface area (Å²) in [6, 6.07) is 0.741. The minimum absolute atomic E-state index is 0.741. The Morgan fingerprint density at radius 3 is 2.50 bits per heavy atom. The Labute approximate surface area is 67.5 Å². The first-order valence-electron chi connectivity index (χ1n) is 3.64. The lowest BCUT2D eigenvalue weighted by Gasteiger charge is -2.02. The molecule has 0 aromatic rings. The van der Waals surface area contributed by atoms with Crippen molar-refractivity contribution in [3.63, 3.8) is 0 Å². The number of hydrogen-bond donors (Lipinski definition) is 1. The van der Waals surface area contributed by atoms with Crippen molar-refractivity contribution in [1.29, 1.82) is 0 Å². The van der Waals surface area contributed by atoms with E-state index in [0.29, 0.717) is 0 Å². The average Bonchev–Trinajstić information content (AvgIpc) is 2.46. The van der Waals surface area contributed by atoms with E-state index < -0.39 is 0 Å². The summed E-state index contributed by atoms with van der Waals surface area (Å²) in [5, 5.41) is 3.36. The topological polar surface area (TPSA) is 12.0 Å². The lowest BCUT2D eigenvalue weighted by Crippen LogP contribution is -2.13. The third kappa shape index (κ3) is 2.97. The van der Waals surface area contributed by atoms with Gasteiger partial charge in [-0.15, -0.1) is 0 Å². The van der Waals surface area contributed by atoms with E-state index >= 15 is 0 Å². The van der Waals surface area contributed by atoms with E-state index in [1.807, 2.05) is 13.0 Å². The number of thiocarbonyl (C=S) groups is 1. The molecule has 1 rings (SSSR count).